The zero-order valence-corrected chi connectivity index (χ0v) is 13.2. The van der Waals surface area contributed by atoms with E-state index in [2.05, 4.69) is 22.2 Å². The number of carbonyl (C=O) groups is 2. The van der Waals surface area contributed by atoms with Crippen LogP contribution in [0.4, 0.5) is 9.59 Å². The smallest absolute Gasteiger partial charge is 0.410 e. The van der Waals surface area contributed by atoms with Gasteiger partial charge in [0, 0.05) is 5.92 Å². The average Bonchev–Trinajstić information content (AvgIpc) is 2.86. The summed E-state index contributed by atoms with van der Waals surface area (Å²) in [5, 5.41) is 2.40. The highest BCUT2D eigenvalue weighted by atomic mass is 16.6. The predicted molar refractivity (Wildman–Crippen MR) is 88.3 cm³/mol. The van der Waals surface area contributed by atoms with Crippen LogP contribution in [0.15, 0.2) is 48.5 Å². The molecule has 24 heavy (non-hydrogen) atoms. The average molecular weight is 326 g/mol. The van der Waals surface area contributed by atoms with Gasteiger partial charge in [-0.05, 0) is 29.2 Å². The van der Waals surface area contributed by atoms with E-state index in [0.29, 0.717) is 0 Å². The summed E-state index contributed by atoms with van der Waals surface area (Å²) in [4.78, 5) is 22.5. The molecular weight excluding hydrogens is 308 g/mol. The minimum absolute atomic E-state index is 0.0180. The zero-order chi connectivity index (χ0) is 17.1. The van der Waals surface area contributed by atoms with Crippen LogP contribution < -0.4 is 11.1 Å². The summed E-state index contributed by atoms with van der Waals surface area (Å²) in [5.41, 5.74) is 9.48. The fourth-order valence-corrected chi connectivity index (χ4v) is 3.01. The molecule has 0 fully saturated rings. The third-order valence-corrected chi connectivity index (χ3v) is 3.96. The van der Waals surface area contributed by atoms with Gasteiger partial charge in [-0.1, -0.05) is 48.5 Å². The molecular formula is C18H18N2O4. The van der Waals surface area contributed by atoms with Gasteiger partial charge >= 0.3 is 12.2 Å². The normalized spacial score (nSPS) is 13.5. The highest BCUT2D eigenvalue weighted by Gasteiger charge is 2.29. The molecule has 2 amide bonds. The van der Waals surface area contributed by atoms with Crippen LogP contribution in [0.1, 0.15) is 24.0 Å². The first kappa shape index (κ1) is 15.9. The van der Waals surface area contributed by atoms with E-state index in [1.165, 1.54) is 6.92 Å². The molecule has 0 radical (unpaired) electrons. The van der Waals surface area contributed by atoms with Crippen LogP contribution in [-0.2, 0) is 9.47 Å². The Bertz CT molecular complexity index is 730. The largest absolute Gasteiger partial charge is 0.448 e. The topological polar surface area (TPSA) is 90.7 Å². The van der Waals surface area contributed by atoms with E-state index in [9.17, 15) is 9.59 Å². The second kappa shape index (κ2) is 6.62. The first-order valence-electron chi connectivity index (χ1n) is 7.64. The lowest BCUT2D eigenvalue weighted by Gasteiger charge is -2.16. The minimum atomic E-state index is -0.957. The van der Waals surface area contributed by atoms with E-state index in [1.807, 2.05) is 36.4 Å². The first-order chi connectivity index (χ1) is 11.6. The molecule has 3 N–H and O–H groups in total. The summed E-state index contributed by atoms with van der Waals surface area (Å²) in [5.74, 6) is -0.0180. The number of rotatable bonds is 4. The van der Waals surface area contributed by atoms with Crippen LogP contribution in [0, 0.1) is 0 Å². The van der Waals surface area contributed by atoms with E-state index in [4.69, 9.17) is 10.5 Å². The van der Waals surface area contributed by atoms with Crippen molar-refractivity contribution in [3.63, 3.8) is 0 Å². The van der Waals surface area contributed by atoms with Gasteiger partial charge in [0.2, 0.25) is 0 Å². The van der Waals surface area contributed by atoms with Crippen LogP contribution in [0.3, 0.4) is 0 Å². The molecule has 0 saturated carbocycles. The number of amides is 2. The highest BCUT2D eigenvalue weighted by Crippen LogP contribution is 2.44. The molecule has 2 aromatic carbocycles. The predicted octanol–water partition coefficient (Wildman–Crippen LogP) is 2.97. The lowest BCUT2D eigenvalue weighted by Crippen LogP contribution is -2.38. The molecule has 0 aliphatic heterocycles. The van der Waals surface area contributed by atoms with Crippen molar-refractivity contribution in [1.82, 2.24) is 5.32 Å². The van der Waals surface area contributed by atoms with Crippen molar-refractivity contribution in [3.05, 3.63) is 59.7 Å². The van der Waals surface area contributed by atoms with E-state index in [-0.39, 0.29) is 12.5 Å². The van der Waals surface area contributed by atoms with Crippen molar-refractivity contribution in [2.75, 3.05) is 6.61 Å². The number of carbonyl (C=O) groups excluding carboxylic acids is 2. The van der Waals surface area contributed by atoms with Gasteiger partial charge in [-0.2, -0.15) is 0 Å². The maximum absolute atomic E-state index is 11.9. The van der Waals surface area contributed by atoms with Gasteiger partial charge in [-0.25, -0.2) is 9.59 Å². The van der Waals surface area contributed by atoms with Crippen molar-refractivity contribution in [2.24, 2.45) is 5.73 Å². The molecule has 124 valence electrons. The number of hydrogen-bond acceptors (Lipinski definition) is 4. The fourth-order valence-electron chi connectivity index (χ4n) is 3.01. The Morgan fingerprint density at radius 3 is 2.17 bits per heavy atom. The standard InChI is InChI=1S/C18H18N2O4/c1-11(24-17(19)21)20-18(22)23-10-16-14-8-4-2-6-12(14)13-7-3-5-9-15(13)16/h2-9,11,16H,10H2,1H3,(H2,19,21)(H,20,22). The molecule has 0 aromatic heterocycles. The van der Waals surface area contributed by atoms with Crippen molar-refractivity contribution in [1.29, 1.82) is 0 Å². The first-order valence-corrected chi connectivity index (χ1v) is 7.64. The summed E-state index contributed by atoms with van der Waals surface area (Å²) in [6.07, 6.45) is -2.47. The zero-order valence-electron chi connectivity index (χ0n) is 13.2. The highest BCUT2D eigenvalue weighted by molar-refractivity contribution is 5.79. The van der Waals surface area contributed by atoms with Crippen molar-refractivity contribution in [2.45, 2.75) is 19.1 Å². The summed E-state index contributed by atoms with van der Waals surface area (Å²) in [7, 11) is 0. The van der Waals surface area contributed by atoms with Gasteiger partial charge in [0.15, 0.2) is 6.23 Å². The number of ether oxygens (including phenoxy) is 2. The third kappa shape index (κ3) is 3.17. The molecule has 0 heterocycles. The van der Waals surface area contributed by atoms with Gasteiger partial charge < -0.3 is 15.2 Å². The fraction of sp³-hybridized carbons (Fsp3) is 0.222. The number of nitrogens with two attached hydrogens (primary N) is 1. The Balaban J connectivity index is 1.69. The molecule has 1 aliphatic rings. The summed E-state index contributed by atoms with van der Waals surface area (Å²) in [6, 6.07) is 16.2. The van der Waals surface area contributed by atoms with Gasteiger partial charge in [-0.3, -0.25) is 5.32 Å². The van der Waals surface area contributed by atoms with Crippen molar-refractivity contribution >= 4 is 12.2 Å². The number of hydrogen-bond donors (Lipinski definition) is 2. The van der Waals surface area contributed by atoms with Crippen LogP contribution in [0.5, 0.6) is 0 Å². The van der Waals surface area contributed by atoms with E-state index < -0.39 is 18.4 Å². The van der Waals surface area contributed by atoms with Gasteiger partial charge in [0.1, 0.15) is 6.61 Å². The summed E-state index contributed by atoms with van der Waals surface area (Å²) < 4.78 is 9.94. The number of nitrogens with one attached hydrogen (secondary N) is 1. The maximum atomic E-state index is 11.9. The van der Waals surface area contributed by atoms with Gasteiger partial charge in [0.25, 0.3) is 0 Å². The van der Waals surface area contributed by atoms with Crippen LogP contribution in [-0.4, -0.2) is 25.0 Å². The lowest BCUT2D eigenvalue weighted by atomic mass is 9.98. The Labute approximate surface area is 139 Å². The van der Waals surface area contributed by atoms with Crippen molar-refractivity contribution in [3.8, 4) is 11.1 Å². The van der Waals surface area contributed by atoms with E-state index in [1.54, 1.807) is 0 Å². The van der Waals surface area contributed by atoms with Crippen LogP contribution in [0.25, 0.3) is 11.1 Å². The molecule has 1 aliphatic carbocycles. The monoisotopic (exact) mass is 326 g/mol. The van der Waals surface area contributed by atoms with E-state index in [0.717, 1.165) is 22.3 Å². The maximum Gasteiger partial charge on any atom is 0.410 e. The molecule has 2 aromatic rings. The molecule has 1 atom stereocenters. The SMILES string of the molecule is CC(NC(=O)OCC1c2ccccc2-c2ccccc21)OC(N)=O. The number of benzene rings is 2. The molecule has 1 unspecified atom stereocenters. The Hall–Kier alpha value is -3.02. The Kier molecular flexibility index (Phi) is 4.37. The third-order valence-electron chi connectivity index (χ3n) is 3.96. The number of fused-ring (bicyclic) bond motifs is 3. The summed E-state index contributed by atoms with van der Waals surface area (Å²) in [6.45, 7) is 1.69. The molecule has 0 bridgehead atoms. The quantitative estimate of drug-likeness (QED) is 0.845. The molecule has 3 rings (SSSR count). The van der Waals surface area contributed by atoms with Crippen molar-refractivity contribution < 1.29 is 19.1 Å². The molecule has 6 nitrogen and oxygen atoms in total. The molecule has 0 spiro atoms. The van der Waals surface area contributed by atoms with Gasteiger partial charge in [0.05, 0.1) is 0 Å². The molecule has 0 saturated heterocycles. The second-order valence-electron chi connectivity index (χ2n) is 5.55. The Morgan fingerprint density at radius 1 is 1.08 bits per heavy atom. The molecule has 6 heteroatoms. The number of alkyl carbamates (subject to hydrolysis) is 1. The Morgan fingerprint density at radius 2 is 1.62 bits per heavy atom. The number of primary amides is 1. The van der Waals surface area contributed by atoms with Crippen LogP contribution >= 0.6 is 0 Å². The lowest BCUT2D eigenvalue weighted by molar-refractivity contribution is 0.0817. The summed E-state index contributed by atoms with van der Waals surface area (Å²) >= 11 is 0. The van der Waals surface area contributed by atoms with Gasteiger partial charge in [-0.15, -0.1) is 0 Å². The minimum Gasteiger partial charge on any atom is -0.448 e. The second-order valence-corrected chi connectivity index (χ2v) is 5.55. The van der Waals surface area contributed by atoms with Crippen LogP contribution in [0.2, 0.25) is 0 Å². The van der Waals surface area contributed by atoms with E-state index >= 15 is 0 Å².